The zero-order valence-corrected chi connectivity index (χ0v) is 9.82. The van der Waals surface area contributed by atoms with Gasteiger partial charge in [-0.05, 0) is 31.0 Å². The van der Waals surface area contributed by atoms with Crippen molar-refractivity contribution in [2.45, 2.75) is 18.3 Å². The van der Waals surface area contributed by atoms with Gasteiger partial charge in [0.25, 0.3) is 0 Å². The van der Waals surface area contributed by atoms with E-state index in [0.717, 1.165) is 9.86 Å². The summed E-state index contributed by atoms with van der Waals surface area (Å²) in [4.78, 5) is 11.2. The first-order valence-electron chi connectivity index (χ1n) is 4.92. The predicted molar refractivity (Wildman–Crippen MR) is 60.3 cm³/mol. The number of halogens is 1. The molecule has 1 heterocycles. The lowest BCUT2D eigenvalue weighted by molar-refractivity contribution is -0.140. The van der Waals surface area contributed by atoms with Crippen LogP contribution in [0.3, 0.4) is 0 Å². The fourth-order valence-corrected chi connectivity index (χ4v) is 2.27. The lowest BCUT2D eigenvalue weighted by atomic mass is 10.0. The second-order valence-electron chi connectivity index (χ2n) is 4.06. The second kappa shape index (κ2) is 3.07. The summed E-state index contributed by atoms with van der Waals surface area (Å²) in [6.07, 6.45) is 1.26. The zero-order chi connectivity index (χ0) is 11.3. The fraction of sp³-hybridized carbons (Fsp3) is 0.273. The lowest BCUT2D eigenvalue weighted by Gasteiger charge is -2.04. The molecule has 0 radical (unpaired) electrons. The number of benzene rings is 1. The lowest BCUT2D eigenvalue weighted by Crippen LogP contribution is -2.18. The molecule has 5 heteroatoms. The molecule has 1 aromatic heterocycles. The summed E-state index contributed by atoms with van der Waals surface area (Å²) in [5.41, 5.74) is -0.139. The van der Waals surface area contributed by atoms with Crippen molar-refractivity contribution in [3.63, 3.8) is 0 Å². The van der Waals surface area contributed by atoms with Crippen LogP contribution in [0.2, 0.25) is 0 Å². The van der Waals surface area contributed by atoms with Crippen LogP contribution in [0.4, 0.5) is 0 Å². The summed E-state index contributed by atoms with van der Waals surface area (Å²) < 4.78 is 6.11. The molecule has 1 fully saturated rings. The molecule has 0 aliphatic heterocycles. The van der Waals surface area contributed by atoms with Gasteiger partial charge >= 0.3 is 5.97 Å². The molecule has 0 unspecified atom stereocenters. The summed E-state index contributed by atoms with van der Waals surface area (Å²) in [6.45, 7) is 0. The number of hydrogen-bond donors (Lipinski definition) is 1. The van der Waals surface area contributed by atoms with Crippen LogP contribution < -0.4 is 0 Å². The van der Waals surface area contributed by atoms with Crippen LogP contribution in [-0.4, -0.2) is 16.2 Å². The van der Waals surface area contributed by atoms with Gasteiger partial charge in [-0.3, -0.25) is 4.79 Å². The summed E-state index contributed by atoms with van der Waals surface area (Å²) >= 11 is 3.34. The van der Waals surface area contributed by atoms with Gasteiger partial charge in [0.1, 0.15) is 10.9 Å². The summed E-state index contributed by atoms with van der Waals surface area (Å²) in [5.74, 6) is -0.337. The van der Waals surface area contributed by atoms with Crippen molar-refractivity contribution in [1.29, 1.82) is 0 Å². The van der Waals surface area contributed by atoms with E-state index in [2.05, 4.69) is 21.1 Å². The van der Waals surface area contributed by atoms with E-state index >= 15 is 0 Å². The molecule has 0 bridgehead atoms. The molecule has 3 rings (SSSR count). The molecule has 0 saturated heterocycles. The average Bonchev–Trinajstić information content (AvgIpc) is 2.94. The van der Waals surface area contributed by atoms with Gasteiger partial charge in [0.2, 0.25) is 0 Å². The Labute approximate surface area is 99.4 Å². The molecule has 2 aromatic rings. The Hall–Kier alpha value is -1.36. The Balaban J connectivity index is 2.22. The first-order valence-corrected chi connectivity index (χ1v) is 5.72. The molecule has 82 valence electrons. The van der Waals surface area contributed by atoms with Crippen LogP contribution in [0.25, 0.3) is 10.9 Å². The Bertz CT molecular complexity index is 586. The molecule has 1 aliphatic rings. The van der Waals surface area contributed by atoms with Crippen LogP contribution in [0.5, 0.6) is 0 Å². The highest BCUT2D eigenvalue weighted by Crippen LogP contribution is 2.50. The monoisotopic (exact) mass is 281 g/mol. The van der Waals surface area contributed by atoms with Crippen molar-refractivity contribution >= 4 is 32.8 Å². The van der Waals surface area contributed by atoms with Crippen LogP contribution >= 0.6 is 15.9 Å². The summed E-state index contributed by atoms with van der Waals surface area (Å²) in [5, 5.41) is 13.9. The maximum Gasteiger partial charge on any atom is 0.317 e. The molecular formula is C11H8BrNO3. The van der Waals surface area contributed by atoms with Gasteiger partial charge in [-0.1, -0.05) is 21.1 Å². The van der Waals surface area contributed by atoms with E-state index in [-0.39, 0.29) is 0 Å². The van der Waals surface area contributed by atoms with Gasteiger partial charge in [-0.15, -0.1) is 0 Å². The maximum absolute atomic E-state index is 11.2. The van der Waals surface area contributed by atoms with Crippen LogP contribution in [-0.2, 0) is 10.2 Å². The highest BCUT2D eigenvalue weighted by Gasteiger charge is 2.56. The Morgan fingerprint density at radius 1 is 1.50 bits per heavy atom. The number of aromatic nitrogens is 1. The fourth-order valence-electron chi connectivity index (χ4n) is 1.92. The Morgan fingerprint density at radius 3 is 2.88 bits per heavy atom. The van der Waals surface area contributed by atoms with Gasteiger partial charge in [-0.25, -0.2) is 0 Å². The van der Waals surface area contributed by atoms with Crippen LogP contribution in [0.15, 0.2) is 27.2 Å². The van der Waals surface area contributed by atoms with Gasteiger partial charge in [0, 0.05) is 9.86 Å². The third-order valence-corrected chi connectivity index (χ3v) is 3.53. The molecule has 4 nitrogen and oxygen atoms in total. The summed E-state index contributed by atoms with van der Waals surface area (Å²) in [6, 6.07) is 5.52. The van der Waals surface area contributed by atoms with Crippen LogP contribution in [0.1, 0.15) is 18.6 Å². The number of carboxylic acid groups (broad SMARTS) is 1. The minimum Gasteiger partial charge on any atom is -0.480 e. The molecule has 1 aromatic carbocycles. The van der Waals surface area contributed by atoms with Crippen molar-refractivity contribution in [3.8, 4) is 0 Å². The number of carboxylic acids is 1. The maximum atomic E-state index is 11.2. The van der Waals surface area contributed by atoms with Gasteiger partial charge < -0.3 is 9.63 Å². The van der Waals surface area contributed by atoms with E-state index in [4.69, 9.17) is 4.52 Å². The zero-order valence-electron chi connectivity index (χ0n) is 8.24. The molecule has 0 atom stereocenters. The molecular weight excluding hydrogens is 274 g/mol. The molecule has 1 aliphatic carbocycles. The van der Waals surface area contributed by atoms with E-state index in [9.17, 15) is 9.90 Å². The molecule has 16 heavy (non-hydrogen) atoms. The van der Waals surface area contributed by atoms with Crippen LogP contribution in [0, 0.1) is 0 Å². The normalized spacial score (nSPS) is 17.6. The standard InChI is InChI=1S/C11H8BrNO3/c12-6-1-2-7-8(5-6)13-16-9(7)11(3-4-11)10(14)15/h1-2,5H,3-4H2,(H,14,15). The number of nitrogens with zero attached hydrogens (tertiary/aromatic N) is 1. The molecule has 0 spiro atoms. The Kier molecular flexibility index (Phi) is 1.89. The second-order valence-corrected chi connectivity index (χ2v) is 4.98. The number of rotatable bonds is 2. The number of carbonyl (C=O) groups is 1. The van der Waals surface area contributed by atoms with E-state index in [1.54, 1.807) is 0 Å². The summed E-state index contributed by atoms with van der Waals surface area (Å²) in [7, 11) is 0. The van der Waals surface area contributed by atoms with E-state index in [0.29, 0.717) is 24.1 Å². The van der Waals surface area contributed by atoms with E-state index in [1.807, 2.05) is 18.2 Å². The quantitative estimate of drug-likeness (QED) is 0.919. The Morgan fingerprint density at radius 2 is 2.25 bits per heavy atom. The van der Waals surface area contributed by atoms with E-state index in [1.165, 1.54) is 0 Å². The van der Waals surface area contributed by atoms with Crippen molar-refractivity contribution in [2.24, 2.45) is 0 Å². The van der Waals surface area contributed by atoms with Crippen molar-refractivity contribution < 1.29 is 14.4 Å². The topological polar surface area (TPSA) is 63.3 Å². The molecule has 1 saturated carbocycles. The number of aliphatic carboxylic acids is 1. The highest BCUT2D eigenvalue weighted by atomic mass is 79.9. The first kappa shape index (κ1) is 9.84. The largest absolute Gasteiger partial charge is 0.480 e. The number of fused-ring (bicyclic) bond motifs is 1. The minimum absolute atomic E-state index is 0.488. The van der Waals surface area contributed by atoms with Crippen molar-refractivity contribution in [3.05, 3.63) is 28.4 Å². The van der Waals surface area contributed by atoms with Gasteiger partial charge in [0.05, 0.1) is 0 Å². The molecule has 0 amide bonds. The van der Waals surface area contributed by atoms with Gasteiger partial charge in [-0.2, -0.15) is 0 Å². The van der Waals surface area contributed by atoms with Gasteiger partial charge in [0.15, 0.2) is 5.76 Å². The third-order valence-electron chi connectivity index (χ3n) is 3.03. The van der Waals surface area contributed by atoms with E-state index < -0.39 is 11.4 Å². The van der Waals surface area contributed by atoms with Crippen molar-refractivity contribution in [2.75, 3.05) is 0 Å². The third kappa shape index (κ3) is 1.21. The predicted octanol–water partition coefficient (Wildman–Crippen LogP) is 2.71. The number of hydrogen-bond acceptors (Lipinski definition) is 3. The average molecular weight is 282 g/mol. The molecule has 1 N–H and O–H groups in total. The minimum atomic E-state index is -0.831. The highest BCUT2D eigenvalue weighted by molar-refractivity contribution is 9.10. The smallest absolute Gasteiger partial charge is 0.317 e. The SMILES string of the molecule is O=C(O)C1(c2onc3cc(Br)ccc23)CC1. The first-order chi connectivity index (χ1) is 7.63. The van der Waals surface area contributed by atoms with Crippen molar-refractivity contribution in [1.82, 2.24) is 5.16 Å².